The lowest BCUT2D eigenvalue weighted by Gasteiger charge is -2.14. The summed E-state index contributed by atoms with van der Waals surface area (Å²) in [5, 5.41) is 0.457. The third-order valence-electron chi connectivity index (χ3n) is 3.52. The Labute approximate surface area is 112 Å². The number of aryl methyl sites for hydroxylation is 1. The van der Waals surface area contributed by atoms with Crippen LogP contribution in [-0.2, 0) is 4.74 Å². The maximum Gasteiger partial charge on any atom is 0.343 e. The van der Waals surface area contributed by atoms with Crippen molar-refractivity contribution in [2.45, 2.75) is 45.4 Å². The molecule has 0 unspecified atom stereocenters. The van der Waals surface area contributed by atoms with Gasteiger partial charge in [0.15, 0.2) is 0 Å². The first-order chi connectivity index (χ1) is 8.68. The Balaban J connectivity index is 1.88. The monoisotopic (exact) mass is 268 g/mol. The fourth-order valence-corrected chi connectivity index (χ4v) is 3.08. The van der Waals surface area contributed by atoms with Gasteiger partial charge in [0.25, 0.3) is 0 Å². The standard InChI is InChI=1S/C13H20N2O2S/c1-9-11(12(14)18-15-9)13(16)17-8-10-6-4-2-3-5-7-10/h10H,2-8,14H2,1H3. The van der Waals surface area contributed by atoms with Crippen LogP contribution in [0.5, 0.6) is 0 Å². The number of esters is 1. The summed E-state index contributed by atoms with van der Waals surface area (Å²) in [7, 11) is 0. The van der Waals surface area contributed by atoms with Crippen LogP contribution >= 0.6 is 11.5 Å². The fraction of sp³-hybridized carbons (Fsp3) is 0.692. The van der Waals surface area contributed by atoms with Crippen LogP contribution in [0.2, 0.25) is 0 Å². The first-order valence-corrected chi connectivity index (χ1v) is 7.34. The third-order valence-corrected chi connectivity index (χ3v) is 4.28. The number of hydrogen-bond donors (Lipinski definition) is 1. The Morgan fingerprint density at radius 3 is 2.61 bits per heavy atom. The molecular weight excluding hydrogens is 248 g/mol. The molecule has 0 amide bonds. The lowest BCUT2D eigenvalue weighted by molar-refractivity contribution is 0.0428. The minimum absolute atomic E-state index is 0.317. The molecule has 0 atom stereocenters. The number of nitrogens with zero attached hydrogens (tertiary/aromatic N) is 1. The largest absolute Gasteiger partial charge is 0.462 e. The average Bonchev–Trinajstić information content (AvgIpc) is 2.59. The van der Waals surface area contributed by atoms with E-state index < -0.39 is 0 Å². The molecule has 0 spiro atoms. The number of nitrogens with two attached hydrogens (primary N) is 1. The number of nitrogen functional groups attached to an aromatic ring is 1. The van der Waals surface area contributed by atoms with Gasteiger partial charge in [-0.3, -0.25) is 0 Å². The lowest BCUT2D eigenvalue weighted by atomic mass is 10.0. The minimum Gasteiger partial charge on any atom is -0.462 e. The highest BCUT2D eigenvalue weighted by Crippen LogP contribution is 2.25. The molecule has 1 fully saturated rings. The highest BCUT2D eigenvalue weighted by atomic mass is 32.1. The van der Waals surface area contributed by atoms with Crippen molar-refractivity contribution in [3.05, 3.63) is 11.3 Å². The molecule has 18 heavy (non-hydrogen) atoms. The van der Waals surface area contributed by atoms with E-state index in [1.54, 1.807) is 6.92 Å². The van der Waals surface area contributed by atoms with E-state index in [9.17, 15) is 4.79 Å². The van der Waals surface area contributed by atoms with Gasteiger partial charge >= 0.3 is 5.97 Å². The summed E-state index contributed by atoms with van der Waals surface area (Å²) >= 11 is 1.15. The summed E-state index contributed by atoms with van der Waals surface area (Å²) in [6, 6.07) is 0. The maximum atomic E-state index is 11.9. The van der Waals surface area contributed by atoms with Gasteiger partial charge in [-0.25, -0.2) is 4.79 Å². The van der Waals surface area contributed by atoms with Crippen molar-refractivity contribution in [2.24, 2.45) is 5.92 Å². The highest BCUT2D eigenvalue weighted by molar-refractivity contribution is 7.10. The van der Waals surface area contributed by atoms with Gasteiger partial charge in [0.05, 0.1) is 12.3 Å². The second kappa shape index (κ2) is 6.18. The van der Waals surface area contributed by atoms with E-state index in [0.717, 1.165) is 11.5 Å². The second-order valence-corrected chi connectivity index (χ2v) is 5.77. The van der Waals surface area contributed by atoms with E-state index in [1.807, 2.05) is 0 Å². The van der Waals surface area contributed by atoms with E-state index in [2.05, 4.69) is 4.37 Å². The predicted octanol–water partition coefficient (Wildman–Crippen LogP) is 3.16. The fourth-order valence-electron chi connectivity index (χ4n) is 2.43. The summed E-state index contributed by atoms with van der Waals surface area (Å²) in [4.78, 5) is 11.9. The van der Waals surface area contributed by atoms with E-state index in [0.29, 0.717) is 28.8 Å². The molecule has 1 aliphatic carbocycles. The lowest BCUT2D eigenvalue weighted by Crippen LogP contribution is -2.15. The zero-order valence-corrected chi connectivity index (χ0v) is 11.6. The minimum atomic E-state index is -0.317. The first-order valence-electron chi connectivity index (χ1n) is 6.57. The molecule has 1 heterocycles. The summed E-state index contributed by atoms with van der Waals surface area (Å²) in [5.74, 6) is 0.201. The molecule has 1 aliphatic rings. The summed E-state index contributed by atoms with van der Waals surface area (Å²) in [5.41, 5.74) is 6.85. The zero-order chi connectivity index (χ0) is 13.0. The SMILES string of the molecule is Cc1nsc(N)c1C(=O)OCC1CCCCCC1. The maximum absolute atomic E-state index is 11.9. The van der Waals surface area contributed by atoms with Gasteiger partial charge in [0.1, 0.15) is 10.6 Å². The molecule has 0 aliphatic heterocycles. The van der Waals surface area contributed by atoms with Crippen LogP contribution in [0.25, 0.3) is 0 Å². The molecule has 5 heteroatoms. The quantitative estimate of drug-likeness (QED) is 0.675. The molecule has 2 rings (SSSR count). The first kappa shape index (κ1) is 13.3. The number of anilines is 1. The van der Waals surface area contributed by atoms with Gasteiger partial charge in [-0.1, -0.05) is 25.7 Å². The number of ether oxygens (including phenoxy) is 1. The van der Waals surface area contributed by atoms with Gasteiger partial charge in [-0.05, 0) is 37.2 Å². The summed E-state index contributed by atoms with van der Waals surface area (Å²) < 4.78 is 9.45. The molecule has 2 N–H and O–H groups in total. The molecule has 1 aromatic rings. The van der Waals surface area contributed by atoms with E-state index in [4.69, 9.17) is 10.5 Å². The topological polar surface area (TPSA) is 65.2 Å². The average molecular weight is 268 g/mol. The van der Waals surface area contributed by atoms with Crippen LogP contribution in [0.3, 0.4) is 0 Å². The smallest absolute Gasteiger partial charge is 0.343 e. The van der Waals surface area contributed by atoms with Gasteiger partial charge in [-0.2, -0.15) is 4.37 Å². The predicted molar refractivity (Wildman–Crippen MR) is 72.7 cm³/mol. The van der Waals surface area contributed by atoms with Gasteiger partial charge in [0.2, 0.25) is 0 Å². The summed E-state index contributed by atoms with van der Waals surface area (Å²) in [6.07, 6.45) is 7.47. The number of hydrogen-bond acceptors (Lipinski definition) is 5. The van der Waals surface area contributed by atoms with Crippen molar-refractivity contribution in [2.75, 3.05) is 12.3 Å². The molecule has 0 radical (unpaired) electrons. The summed E-state index contributed by atoms with van der Waals surface area (Å²) in [6.45, 7) is 2.31. The molecule has 1 aromatic heterocycles. The van der Waals surface area contributed by atoms with E-state index in [1.165, 1.54) is 38.5 Å². The van der Waals surface area contributed by atoms with E-state index >= 15 is 0 Å². The molecular formula is C13H20N2O2S. The van der Waals surface area contributed by atoms with Crippen LogP contribution in [0, 0.1) is 12.8 Å². The Morgan fingerprint density at radius 2 is 2.06 bits per heavy atom. The molecule has 1 saturated carbocycles. The van der Waals surface area contributed by atoms with Gasteiger partial charge in [0, 0.05) is 0 Å². The second-order valence-electron chi connectivity index (χ2n) is 4.96. The molecule has 0 aromatic carbocycles. The van der Waals surface area contributed by atoms with Crippen molar-refractivity contribution in [3.63, 3.8) is 0 Å². The van der Waals surface area contributed by atoms with Crippen molar-refractivity contribution in [1.29, 1.82) is 0 Å². The van der Waals surface area contributed by atoms with E-state index in [-0.39, 0.29) is 5.97 Å². The van der Waals surface area contributed by atoms with Gasteiger partial charge < -0.3 is 10.5 Å². The molecule has 0 saturated heterocycles. The number of carbonyl (C=O) groups excluding carboxylic acids is 1. The third kappa shape index (κ3) is 3.22. The van der Waals surface area contributed by atoms with Crippen molar-refractivity contribution >= 4 is 22.5 Å². The van der Waals surface area contributed by atoms with Crippen LogP contribution in [0.1, 0.15) is 54.6 Å². The van der Waals surface area contributed by atoms with Crippen molar-refractivity contribution in [1.82, 2.24) is 4.37 Å². The number of carbonyl (C=O) groups is 1. The molecule has 100 valence electrons. The van der Waals surface area contributed by atoms with Crippen molar-refractivity contribution in [3.8, 4) is 0 Å². The Hall–Kier alpha value is -1.10. The Morgan fingerprint density at radius 1 is 1.39 bits per heavy atom. The van der Waals surface area contributed by atoms with Crippen LogP contribution in [0.15, 0.2) is 0 Å². The van der Waals surface area contributed by atoms with Crippen LogP contribution in [-0.4, -0.2) is 16.9 Å². The normalized spacial score (nSPS) is 17.4. The van der Waals surface area contributed by atoms with Crippen molar-refractivity contribution < 1.29 is 9.53 Å². The van der Waals surface area contributed by atoms with Crippen LogP contribution < -0.4 is 5.73 Å². The Bertz CT molecular complexity index is 390. The van der Waals surface area contributed by atoms with Crippen LogP contribution in [0.4, 0.5) is 5.00 Å². The Kier molecular flexibility index (Phi) is 4.58. The zero-order valence-electron chi connectivity index (χ0n) is 10.8. The number of aromatic nitrogens is 1. The highest BCUT2D eigenvalue weighted by Gasteiger charge is 2.20. The number of rotatable bonds is 3. The molecule has 0 bridgehead atoms. The molecule has 4 nitrogen and oxygen atoms in total. The van der Waals surface area contributed by atoms with Gasteiger partial charge in [-0.15, -0.1) is 0 Å².